The standard InChI is InChI=1S/C53H34N4/c1-3-16-35(17-4-1)55-49-27-13-14-28-50(49)56(36-18-5-2-6-19-36)52-34-46-45(33-51(52)55)39-21-8-7-20-38(39)44-32-37(29-30-40(44)43-24-15-31-54-53(43)46)57-47-25-11-9-22-41(47)42-23-10-12-26-48(42)57/h1-34H. The Bertz CT molecular complexity index is 3570. The van der Waals surface area contributed by atoms with Crippen LogP contribution < -0.4 is 0 Å². The maximum absolute atomic E-state index is 5.22. The van der Waals surface area contributed by atoms with Crippen molar-refractivity contribution < 1.29 is 0 Å². The smallest absolute Gasteiger partial charge is 0.0787 e. The Kier molecular flexibility index (Phi) is 6.89. The van der Waals surface area contributed by atoms with Crippen molar-refractivity contribution in [2.24, 2.45) is 0 Å². The van der Waals surface area contributed by atoms with E-state index in [2.05, 4.69) is 214 Å². The lowest BCUT2D eigenvalue weighted by atomic mass is 9.95. The molecule has 0 saturated heterocycles. The third kappa shape index (κ3) is 4.71. The van der Waals surface area contributed by atoms with Gasteiger partial charge in [0.05, 0.1) is 38.6 Å². The first-order valence-corrected chi connectivity index (χ1v) is 19.5. The zero-order valence-electron chi connectivity index (χ0n) is 30.9. The summed E-state index contributed by atoms with van der Waals surface area (Å²) in [5.41, 5.74) is 11.1. The summed E-state index contributed by atoms with van der Waals surface area (Å²) in [6, 6.07) is 72.6. The van der Waals surface area contributed by atoms with Crippen molar-refractivity contribution in [3.8, 4) is 17.1 Å². The van der Waals surface area contributed by atoms with E-state index in [1.165, 1.54) is 38.0 Å². The maximum Gasteiger partial charge on any atom is 0.0787 e. The zero-order chi connectivity index (χ0) is 37.5. The van der Waals surface area contributed by atoms with Crippen LogP contribution in [-0.2, 0) is 0 Å². The molecule has 9 aromatic carbocycles. The van der Waals surface area contributed by atoms with E-state index in [0.29, 0.717) is 0 Å². The Labute approximate surface area is 328 Å². The van der Waals surface area contributed by atoms with E-state index < -0.39 is 0 Å². The second-order valence-electron chi connectivity index (χ2n) is 14.8. The molecule has 12 aromatic rings. The van der Waals surface area contributed by atoms with Crippen LogP contribution in [0.2, 0.25) is 0 Å². The Hall–Kier alpha value is -7.69. The number of hydrogen-bond donors (Lipinski definition) is 0. The van der Waals surface area contributed by atoms with Crippen molar-refractivity contribution in [2.45, 2.75) is 0 Å². The molecule has 12 rings (SSSR count). The largest absolute Gasteiger partial charge is 0.309 e. The van der Waals surface area contributed by atoms with Crippen molar-refractivity contribution in [1.29, 1.82) is 0 Å². The second-order valence-corrected chi connectivity index (χ2v) is 14.8. The molecule has 0 spiro atoms. The molecule has 0 amide bonds. The van der Waals surface area contributed by atoms with Crippen LogP contribution >= 0.6 is 0 Å². The molecule has 0 unspecified atom stereocenters. The van der Waals surface area contributed by atoms with E-state index in [1.807, 2.05) is 6.20 Å². The lowest BCUT2D eigenvalue weighted by molar-refractivity contribution is 1.09. The summed E-state index contributed by atoms with van der Waals surface area (Å²) < 4.78 is 7.23. The monoisotopic (exact) mass is 726 g/mol. The van der Waals surface area contributed by atoms with Crippen molar-refractivity contribution in [2.75, 3.05) is 0 Å². The van der Waals surface area contributed by atoms with Crippen molar-refractivity contribution in [3.05, 3.63) is 206 Å². The summed E-state index contributed by atoms with van der Waals surface area (Å²) >= 11 is 0. The predicted molar refractivity (Wildman–Crippen MR) is 240 cm³/mol. The van der Waals surface area contributed by atoms with Gasteiger partial charge in [0.15, 0.2) is 0 Å². The molecule has 0 saturated carbocycles. The van der Waals surface area contributed by atoms with Gasteiger partial charge in [-0.1, -0.05) is 121 Å². The van der Waals surface area contributed by atoms with Gasteiger partial charge in [0.25, 0.3) is 0 Å². The fourth-order valence-electron chi connectivity index (χ4n) is 9.29. The molecule has 0 aliphatic carbocycles. The number of fused-ring (bicyclic) bond motifs is 13. The minimum Gasteiger partial charge on any atom is -0.309 e. The highest BCUT2D eigenvalue weighted by Crippen LogP contribution is 2.40. The van der Waals surface area contributed by atoms with Gasteiger partial charge in [0.2, 0.25) is 0 Å². The van der Waals surface area contributed by atoms with E-state index in [1.54, 1.807) is 0 Å². The van der Waals surface area contributed by atoms with Gasteiger partial charge < -0.3 is 13.7 Å². The first-order chi connectivity index (χ1) is 28.3. The van der Waals surface area contributed by atoms with Gasteiger partial charge in [0, 0.05) is 44.8 Å². The molecule has 0 N–H and O–H groups in total. The molecule has 3 aromatic heterocycles. The van der Waals surface area contributed by atoms with Crippen LogP contribution in [0, 0.1) is 0 Å². The summed E-state index contributed by atoms with van der Waals surface area (Å²) in [5, 5.41) is 10.6. The highest BCUT2D eigenvalue weighted by molar-refractivity contribution is 6.26. The summed E-state index contributed by atoms with van der Waals surface area (Å²) in [7, 11) is 0. The molecule has 266 valence electrons. The van der Waals surface area contributed by atoms with E-state index >= 15 is 0 Å². The number of para-hydroxylation sites is 6. The van der Waals surface area contributed by atoms with Gasteiger partial charge in [-0.2, -0.15) is 0 Å². The molecule has 0 radical (unpaired) electrons. The SMILES string of the molecule is c1ccc(-n2c3ccccc3n(-c3ccccc3)c3cc4c(cc32)c2ccccc2c2cc(-n3c5ccccc5c5ccccc53)ccc2c2cccnc24)cc1. The predicted octanol–water partition coefficient (Wildman–Crippen LogP) is 13.8. The Balaban J connectivity index is 1.30. The Morgan fingerprint density at radius 2 is 0.667 bits per heavy atom. The van der Waals surface area contributed by atoms with Crippen molar-refractivity contribution >= 4 is 87.1 Å². The summed E-state index contributed by atoms with van der Waals surface area (Å²) in [5.74, 6) is 0. The third-order valence-electron chi connectivity index (χ3n) is 11.7. The number of aromatic nitrogens is 4. The highest BCUT2D eigenvalue weighted by atomic mass is 15.1. The molecule has 0 aliphatic heterocycles. The third-order valence-corrected chi connectivity index (χ3v) is 11.7. The first kappa shape index (κ1) is 31.6. The highest BCUT2D eigenvalue weighted by Gasteiger charge is 2.19. The molecular formula is C53H34N4. The molecule has 0 aliphatic rings. The molecule has 4 nitrogen and oxygen atoms in total. The molecule has 0 bridgehead atoms. The van der Waals surface area contributed by atoms with Gasteiger partial charge in [-0.25, -0.2) is 0 Å². The van der Waals surface area contributed by atoms with Gasteiger partial charge in [-0.3, -0.25) is 4.98 Å². The van der Waals surface area contributed by atoms with Gasteiger partial charge in [-0.05, 0) is 106 Å². The van der Waals surface area contributed by atoms with Crippen LogP contribution in [0.5, 0.6) is 0 Å². The molecule has 0 atom stereocenters. The number of pyridine rings is 1. The topological polar surface area (TPSA) is 27.7 Å². The van der Waals surface area contributed by atoms with Crippen molar-refractivity contribution in [3.63, 3.8) is 0 Å². The van der Waals surface area contributed by atoms with Gasteiger partial charge >= 0.3 is 0 Å². The fraction of sp³-hybridized carbons (Fsp3) is 0. The minimum absolute atomic E-state index is 0.966. The molecule has 0 fully saturated rings. The number of rotatable bonds is 3. The zero-order valence-corrected chi connectivity index (χ0v) is 30.9. The van der Waals surface area contributed by atoms with E-state index in [9.17, 15) is 0 Å². The molecule has 4 heteroatoms. The molecule has 3 heterocycles. The van der Waals surface area contributed by atoms with Gasteiger partial charge in [0.1, 0.15) is 0 Å². The Morgan fingerprint density at radius 3 is 1.25 bits per heavy atom. The normalized spacial score (nSPS) is 11.9. The lowest BCUT2D eigenvalue weighted by Gasteiger charge is -2.23. The van der Waals surface area contributed by atoms with Crippen LogP contribution in [0.1, 0.15) is 0 Å². The lowest BCUT2D eigenvalue weighted by Crippen LogP contribution is -2.08. The number of hydrogen-bond acceptors (Lipinski definition) is 1. The van der Waals surface area contributed by atoms with E-state index in [0.717, 1.165) is 66.2 Å². The first-order valence-electron chi connectivity index (χ1n) is 19.5. The maximum atomic E-state index is 5.22. The van der Waals surface area contributed by atoms with E-state index in [4.69, 9.17) is 4.98 Å². The molecular weight excluding hydrogens is 693 g/mol. The summed E-state index contributed by atoms with van der Waals surface area (Å²) in [6.07, 6.45) is 1.93. The van der Waals surface area contributed by atoms with Crippen LogP contribution in [0.15, 0.2) is 206 Å². The van der Waals surface area contributed by atoms with E-state index in [-0.39, 0.29) is 0 Å². The van der Waals surface area contributed by atoms with Crippen molar-refractivity contribution in [1.82, 2.24) is 18.7 Å². The number of benzene rings is 8. The Morgan fingerprint density at radius 1 is 0.246 bits per heavy atom. The quantitative estimate of drug-likeness (QED) is 0.167. The fourth-order valence-corrected chi connectivity index (χ4v) is 9.29. The van der Waals surface area contributed by atoms with Crippen LogP contribution in [-0.4, -0.2) is 18.7 Å². The van der Waals surface area contributed by atoms with Crippen LogP contribution in [0.25, 0.3) is 104 Å². The average Bonchev–Trinajstić information content (AvgIpc) is 3.62. The minimum atomic E-state index is 0.966. The van der Waals surface area contributed by atoms with Crippen LogP contribution in [0.3, 0.4) is 0 Å². The second kappa shape index (κ2) is 12.4. The van der Waals surface area contributed by atoms with Gasteiger partial charge in [-0.15, -0.1) is 0 Å². The summed E-state index contributed by atoms with van der Waals surface area (Å²) in [4.78, 5) is 5.22. The molecule has 57 heavy (non-hydrogen) atoms. The number of nitrogens with zero attached hydrogens (tertiary/aromatic N) is 4. The van der Waals surface area contributed by atoms with Crippen LogP contribution in [0.4, 0.5) is 0 Å². The average molecular weight is 727 g/mol. The summed E-state index contributed by atoms with van der Waals surface area (Å²) in [6.45, 7) is 0.